The molecule has 1 aromatic carbocycles. The Labute approximate surface area is 234 Å². The fraction of sp³-hybridized carbons (Fsp3) is 0.667. The molecule has 0 aromatic heterocycles. The first-order chi connectivity index (χ1) is 18.0. The molecule has 0 fully saturated rings. The summed E-state index contributed by atoms with van der Waals surface area (Å²) in [5, 5.41) is 5.67. The molecular weight excluding hydrogens is 496 g/mol. The Bertz CT molecular complexity index is 1000. The third-order valence-corrected chi connectivity index (χ3v) is 6.73. The van der Waals surface area contributed by atoms with Gasteiger partial charge in [0.05, 0.1) is 0 Å². The van der Waals surface area contributed by atoms with Crippen LogP contribution in [0.25, 0.3) is 0 Å². The molecule has 0 aliphatic heterocycles. The Balaban J connectivity index is 3.65. The Morgan fingerprint density at radius 3 is 2.18 bits per heavy atom. The Morgan fingerprint density at radius 1 is 1.03 bits per heavy atom. The Kier molecular flexibility index (Phi) is 13.0. The number of primary amides is 1. The van der Waals surface area contributed by atoms with Crippen molar-refractivity contribution in [3.63, 3.8) is 0 Å². The molecule has 39 heavy (non-hydrogen) atoms. The Morgan fingerprint density at radius 2 is 1.67 bits per heavy atom. The normalized spacial score (nSPS) is 13.3. The zero-order valence-corrected chi connectivity index (χ0v) is 25.4. The van der Waals surface area contributed by atoms with Crippen molar-refractivity contribution in [1.82, 2.24) is 15.5 Å². The first kappa shape index (κ1) is 33.9. The number of ether oxygens (including phenoxy) is 1. The van der Waals surface area contributed by atoms with Crippen LogP contribution < -0.4 is 16.4 Å². The summed E-state index contributed by atoms with van der Waals surface area (Å²) in [6.07, 6.45) is 2.43. The van der Waals surface area contributed by atoms with E-state index in [1.165, 1.54) is 0 Å². The van der Waals surface area contributed by atoms with Gasteiger partial charge in [0.1, 0.15) is 17.7 Å². The van der Waals surface area contributed by atoms with E-state index in [4.69, 9.17) is 10.5 Å². The summed E-state index contributed by atoms with van der Waals surface area (Å²) in [7, 11) is 0. The van der Waals surface area contributed by atoms with Crippen LogP contribution in [0.5, 0.6) is 0 Å². The average Bonchev–Trinajstić information content (AvgIpc) is 2.81. The van der Waals surface area contributed by atoms with Gasteiger partial charge in [-0.25, -0.2) is 4.79 Å². The van der Waals surface area contributed by atoms with Crippen LogP contribution in [0.15, 0.2) is 18.2 Å². The standard InChI is InChI=1S/C30H50N4O5/c1-10-12-13-18-32-26(36)25(22-15-14-20(3)19-21(22)4)34(30(8,9)11-2)27(37)23(16-17-24(31)35)33-28(38)39-29(5,6)7/h14-15,19,23,25H,10-13,16-18H2,1-9H3,(H2,31,35)(H,32,36)(H,33,38). The number of aryl methyl sites for hydroxylation is 2. The molecule has 1 aromatic rings. The van der Waals surface area contributed by atoms with Crippen LogP contribution in [-0.2, 0) is 19.1 Å². The number of carbonyl (C=O) groups is 4. The molecule has 4 N–H and O–H groups in total. The summed E-state index contributed by atoms with van der Waals surface area (Å²) in [5.41, 5.74) is 6.46. The van der Waals surface area contributed by atoms with Gasteiger partial charge in [-0.3, -0.25) is 14.4 Å². The van der Waals surface area contributed by atoms with Crippen molar-refractivity contribution in [2.45, 2.75) is 124 Å². The largest absolute Gasteiger partial charge is 0.444 e. The van der Waals surface area contributed by atoms with Crippen molar-refractivity contribution in [2.24, 2.45) is 5.73 Å². The number of alkyl carbamates (subject to hydrolysis) is 1. The highest BCUT2D eigenvalue weighted by Gasteiger charge is 2.43. The van der Waals surface area contributed by atoms with Gasteiger partial charge in [0.15, 0.2) is 0 Å². The quantitative estimate of drug-likeness (QED) is 0.288. The van der Waals surface area contributed by atoms with Gasteiger partial charge in [-0.05, 0) is 78.9 Å². The lowest BCUT2D eigenvalue weighted by atomic mass is 9.89. The predicted octanol–water partition coefficient (Wildman–Crippen LogP) is 4.83. The molecule has 2 atom stereocenters. The maximum atomic E-state index is 14.4. The van der Waals surface area contributed by atoms with Crippen LogP contribution in [0.4, 0.5) is 4.79 Å². The third kappa shape index (κ3) is 10.9. The fourth-order valence-electron chi connectivity index (χ4n) is 4.32. The van der Waals surface area contributed by atoms with Crippen LogP contribution in [0.1, 0.15) is 110 Å². The van der Waals surface area contributed by atoms with Gasteiger partial charge < -0.3 is 26.0 Å². The Hall–Kier alpha value is -3.10. The molecule has 0 spiro atoms. The minimum Gasteiger partial charge on any atom is -0.444 e. The molecule has 0 saturated carbocycles. The van der Waals surface area contributed by atoms with E-state index >= 15 is 0 Å². The molecular formula is C30H50N4O5. The molecule has 0 bridgehead atoms. The van der Waals surface area contributed by atoms with E-state index in [9.17, 15) is 19.2 Å². The third-order valence-electron chi connectivity index (χ3n) is 6.73. The molecule has 0 aliphatic rings. The number of unbranched alkanes of at least 4 members (excludes halogenated alkanes) is 2. The maximum absolute atomic E-state index is 14.4. The number of benzene rings is 1. The first-order valence-corrected chi connectivity index (χ1v) is 14.0. The number of nitrogens with two attached hydrogens (primary N) is 1. The van der Waals surface area contributed by atoms with Gasteiger partial charge in [-0.1, -0.05) is 50.5 Å². The van der Waals surface area contributed by atoms with E-state index in [2.05, 4.69) is 17.6 Å². The fourth-order valence-corrected chi connectivity index (χ4v) is 4.32. The number of hydrogen-bond donors (Lipinski definition) is 3. The molecule has 220 valence electrons. The monoisotopic (exact) mass is 546 g/mol. The van der Waals surface area contributed by atoms with Crippen LogP contribution in [-0.4, -0.2) is 52.4 Å². The van der Waals surface area contributed by atoms with E-state index < -0.39 is 41.1 Å². The SMILES string of the molecule is CCCCCNC(=O)C(c1ccc(C)cc1C)N(C(=O)C(CCC(N)=O)NC(=O)OC(C)(C)C)C(C)(C)CC. The molecule has 4 amide bonds. The van der Waals surface area contributed by atoms with Crippen molar-refractivity contribution >= 4 is 23.8 Å². The van der Waals surface area contributed by atoms with Gasteiger partial charge >= 0.3 is 6.09 Å². The second-order valence-electron chi connectivity index (χ2n) is 11.8. The highest BCUT2D eigenvalue weighted by Crippen LogP contribution is 2.34. The first-order valence-electron chi connectivity index (χ1n) is 14.0. The van der Waals surface area contributed by atoms with Crippen LogP contribution in [0.3, 0.4) is 0 Å². The second-order valence-corrected chi connectivity index (χ2v) is 11.8. The zero-order valence-electron chi connectivity index (χ0n) is 25.4. The smallest absolute Gasteiger partial charge is 0.408 e. The molecule has 0 aliphatic carbocycles. The number of hydrogen-bond acceptors (Lipinski definition) is 5. The number of nitrogens with one attached hydrogen (secondary N) is 2. The van der Waals surface area contributed by atoms with Crippen molar-refractivity contribution in [2.75, 3.05) is 6.54 Å². The topological polar surface area (TPSA) is 131 Å². The van der Waals surface area contributed by atoms with E-state index in [0.717, 1.165) is 30.4 Å². The predicted molar refractivity (Wildman–Crippen MR) is 154 cm³/mol. The average molecular weight is 547 g/mol. The highest BCUT2D eigenvalue weighted by atomic mass is 16.6. The van der Waals surface area contributed by atoms with Crippen LogP contribution >= 0.6 is 0 Å². The maximum Gasteiger partial charge on any atom is 0.408 e. The summed E-state index contributed by atoms with van der Waals surface area (Å²) in [6, 6.07) is 3.71. The van der Waals surface area contributed by atoms with Crippen LogP contribution in [0.2, 0.25) is 0 Å². The van der Waals surface area contributed by atoms with Gasteiger partial charge in [-0.2, -0.15) is 0 Å². The highest BCUT2D eigenvalue weighted by molar-refractivity contribution is 5.93. The number of carbonyl (C=O) groups excluding carboxylic acids is 4. The number of rotatable bonds is 14. The molecule has 0 heterocycles. The van der Waals surface area contributed by atoms with E-state index in [1.54, 1.807) is 25.7 Å². The molecule has 0 radical (unpaired) electrons. The van der Waals surface area contributed by atoms with Crippen molar-refractivity contribution in [3.8, 4) is 0 Å². The van der Waals surface area contributed by atoms with Gasteiger partial charge in [0.2, 0.25) is 17.7 Å². The summed E-state index contributed by atoms with van der Waals surface area (Å²) < 4.78 is 5.40. The van der Waals surface area contributed by atoms with Gasteiger partial charge in [0.25, 0.3) is 0 Å². The van der Waals surface area contributed by atoms with E-state index in [1.807, 2.05) is 52.8 Å². The minimum atomic E-state index is -1.13. The lowest BCUT2D eigenvalue weighted by Gasteiger charge is -2.45. The summed E-state index contributed by atoms with van der Waals surface area (Å²) in [5.74, 6) is -1.37. The summed E-state index contributed by atoms with van der Waals surface area (Å²) in [4.78, 5) is 54.2. The lowest BCUT2D eigenvalue weighted by molar-refractivity contribution is -0.149. The van der Waals surface area contributed by atoms with Gasteiger partial charge in [-0.15, -0.1) is 0 Å². The van der Waals surface area contributed by atoms with Crippen molar-refractivity contribution < 1.29 is 23.9 Å². The van der Waals surface area contributed by atoms with Crippen molar-refractivity contribution in [1.29, 1.82) is 0 Å². The van der Waals surface area contributed by atoms with E-state index in [0.29, 0.717) is 18.5 Å². The molecule has 0 saturated heterocycles. The van der Waals surface area contributed by atoms with Crippen molar-refractivity contribution in [3.05, 3.63) is 34.9 Å². The van der Waals surface area contributed by atoms with Gasteiger partial charge in [0, 0.05) is 18.5 Å². The summed E-state index contributed by atoms with van der Waals surface area (Å²) >= 11 is 0. The zero-order chi connectivity index (χ0) is 30.0. The van der Waals surface area contributed by atoms with E-state index in [-0.39, 0.29) is 18.7 Å². The number of amides is 4. The molecule has 1 rings (SSSR count). The number of nitrogens with zero attached hydrogens (tertiary/aromatic N) is 1. The molecule has 9 heteroatoms. The second kappa shape index (κ2) is 14.9. The van der Waals surface area contributed by atoms with Crippen LogP contribution in [0, 0.1) is 13.8 Å². The molecule has 2 unspecified atom stereocenters. The molecule has 9 nitrogen and oxygen atoms in total. The lowest BCUT2D eigenvalue weighted by Crippen LogP contribution is -2.59. The minimum absolute atomic E-state index is 0.0264. The summed E-state index contributed by atoms with van der Waals surface area (Å²) in [6.45, 7) is 17.4.